The van der Waals surface area contributed by atoms with Gasteiger partial charge in [0.15, 0.2) is 0 Å². The number of piperidine rings is 1. The third kappa shape index (κ3) is 2.71. The normalized spacial score (nSPS) is 28.2. The van der Waals surface area contributed by atoms with E-state index in [2.05, 4.69) is 13.8 Å². The van der Waals surface area contributed by atoms with Crippen molar-refractivity contribution >= 4 is 5.91 Å². The predicted molar refractivity (Wildman–Crippen MR) is 57.8 cm³/mol. The number of nitrogens with zero attached hydrogens (tertiary/aromatic N) is 1. The molecule has 0 aromatic carbocycles. The summed E-state index contributed by atoms with van der Waals surface area (Å²) in [5.74, 6) is 1.44. The van der Waals surface area contributed by atoms with Gasteiger partial charge in [0, 0.05) is 25.6 Å². The van der Waals surface area contributed by atoms with Crippen LogP contribution in [0.3, 0.4) is 0 Å². The van der Waals surface area contributed by atoms with Gasteiger partial charge in [-0.05, 0) is 18.3 Å². The van der Waals surface area contributed by atoms with Crippen LogP contribution in [0.1, 0.15) is 33.6 Å². The van der Waals surface area contributed by atoms with Crippen molar-refractivity contribution in [1.29, 1.82) is 0 Å². The minimum Gasteiger partial charge on any atom is -0.341 e. The average molecular weight is 198 g/mol. The van der Waals surface area contributed by atoms with E-state index >= 15 is 0 Å². The van der Waals surface area contributed by atoms with E-state index in [0.717, 1.165) is 19.5 Å². The monoisotopic (exact) mass is 198 g/mol. The molecule has 2 atom stereocenters. The molecule has 1 aliphatic rings. The van der Waals surface area contributed by atoms with E-state index in [1.54, 1.807) is 0 Å². The van der Waals surface area contributed by atoms with Crippen molar-refractivity contribution in [3.05, 3.63) is 0 Å². The Bertz CT molecular complexity index is 203. The summed E-state index contributed by atoms with van der Waals surface area (Å²) in [4.78, 5) is 13.5. The highest BCUT2D eigenvalue weighted by molar-refractivity contribution is 5.76. The molecule has 0 saturated carbocycles. The highest BCUT2D eigenvalue weighted by atomic mass is 16.2. The van der Waals surface area contributed by atoms with Crippen LogP contribution in [0.25, 0.3) is 0 Å². The molecule has 2 unspecified atom stereocenters. The molecule has 1 aliphatic heterocycles. The lowest BCUT2D eigenvalue weighted by Gasteiger charge is -2.38. The number of carbonyl (C=O) groups excluding carboxylic acids is 1. The molecule has 3 heteroatoms. The quantitative estimate of drug-likeness (QED) is 0.725. The van der Waals surface area contributed by atoms with Gasteiger partial charge in [-0.25, -0.2) is 0 Å². The summed E-state index contributed by atoms with van der Waals surface area (Å²) in [7, 11) is 0. The summed E-state index contributed by atoms with van der Waals surface area (Å²) in [6, 6.07) is 0.173. The zero-order valence-corrected chi connectivity index (χ0v) is 9.49. The van der Waals surface area contributed by atoms with E-state index < -0.39 is 0 Å². The first-order valence-electron chi connectivity index (χ1n) is 5.58. The molecular weight excluding hydrogens is 176 g/mol. The molecule has 3 nitrogen and oxygen atoms in total. The number of likely N-dealkylation sites (tertiary alicyclic amines) is 1. The molecule has 2 N–H and O–H groups in total. The molecule has 82 valence electrons. The second-order valence-corrected chi connectivity index (χ2v) is 4.65. The van der Waals surface area contributed by atoms with Crippen molar-refractivity contribution in [1.82, 2.24) is 4.90 Å². The molecule has 1 amide bonds. The Labute approximate surface area is 86.6 Å². The van der Waals surface area contributed by atoms with Crippen molar-refractivity contribution in [3.8, 4) is 0 Å². The van der Waals surface area contributed by atoms with Crippen molar-refractivity contribution in [3.63, 3.8) is 0 Å². The van der Waals surface area contributed by atoms with Gasteiger partial charge in [-0.2, -0.15) is 0 Å². The molecule has 14 heavy (non-hydrogen) atoms. The molecule has 1 rings (SSSR count). The Morgan fingerprint density at radius 2 is 2.14 bits per heavy atom. The zero-order chi connectivity index (χ0) is 10.7. The largest absolute Gasteiger partial charge is 0.341 e. The van der Waals surface area contributed by atoms with Gasteiger partial charge in [0.05, 0.1) is 0 Å². The molecule has 0 aromatic heterocycles. The Kier molecular flexibility index (Phi) is 3.93. The fourth-order valence-corrected chi connectivity index (χ4v) is 2.09. The Balaban J connectivity index is 2.58. The van der Waals surface area contributed by atoms with Gasteiger partial charge in [0.2, 0.25) is 5.91 Å². The highest BCUT2D eigenvalue weighted by Crippen LogP contribution is 2.23. The summed E-state index contributed by atoms with van der Waals surface area (Å²) in [5.41, 5.74) is 5.95. The van der Waals surface area contributed by atoms with Crippen molar-refractivity contribution in [2.75, 3.05) is 13.1 Å². The highest BCUT2D eigenvalue weighted by Gasteiger charge is 2.28. The fourth-order valence-electron chi connectivity index (χ4n) is 2.09. The van der Waals surface area contributed by atoms with Crippen LogP contribution in [0.5, 0.6) is 0 Å². The molecule has 1 saturated heterocycles. The second-order valence-electron chi connectivity index (χ2n) is 4.65. The van der Waals surface area contributed by atoms with E-state index in [4.69, 9.17) is 5.73 Å². The van der Waals surface area contributed by atoms with Crippen molar-refractivity contribution < 1.29 is 4.79 Å². The van der Waals surface area contributed by atoms with Gasteiger partial charge in [-0.15, -0.1) is 0 Å². The lowest BCUT2D eigenvalue weighted by atomic mass is 9.86. The third-order valence-electron chi connectivity index (χ3n) is 3.11. The smallest absolute Gasteiger partial charge is 0.222 e. The standard InChI is InChI=1S/C11H22N2O/c1-4-11(14)13-6-9(8(2)3)5-10(12)7-13/h8-10H,4-7,12H2,1-3H3. The van der Waals surface area contributed by atoms with Crippen LogP contribution in [0.15, 0.2) is 0 Å². The first-order valence-corrected chi connectivity index (χ1v) is 5.58. The van der Waals surface area contributed by atoms with E-state index in [-0.39, 0.29) is 11.9 Å². The summed E-state index contributed by atoms with van der Waals surface area (Å²) in [6.45, 7) is 7.97. The zero-order valence-electron chi connectivity index (χ0n) is 9.49. The predicted octanol–water partition coefficient (Wildman–Crippen LogP) is 1.23. The molecular formula is C11H22N2O. The maximum Gasteiger partial charge on any atom is 0.222 e. The Hall–Kier alpha value is -0.570. The molecule has 0 aromatic rings. The summed E-state index contributed by atoms with van der Waals surface area (Å²) in [5, 5.41) is 0. The SMILES string of the molecule is CCC(=O)N1CC(N)CC(C(C)C)C1. The van der Waals surface area contributed by atoms with Crippen molar-refractivity contribution in [2.24, 2.45) is 17.6 Å². The molecule has 1 fully saturated rings. The maximum atomic E-state index is 11.6. The molecule has 0 bridgehead atoms. The Morgan fingerprint density at radius 3 is 2.64 bits per heavy atom. The van der Waals surface area contributed by atoms with Gasteiger partial charge in [-0.1, -0.05) is 20.8 Å². The van der Waals surface area contributed by atoms with Gasteiger partial charge < -0.3 is 10.6 Å². The van der Waals surface area contributed by atoms with E-state index in [1.807, 2.05) is 11.8 Å². The summed E-state index contributed by atoms with van der Waals surface area (Å²) < 4.78 is 0. The number of amides is 1. The minimum atomic E-state index is 0.173. The number of hydrogen-bond acceptors (Lipinski definition) is 2. The van der Waals surface area contributed by atoms with Crippen molar-refractivity contribution in [2.45, 2.75) is 39.7 Å². The summed E-state index contributed by atoms with van der Waals surface area (Å²) >= 11 is 0. The van der Waals surface area contributed by atoms with Crippen LogP contribution < -0.4 is 5.73 Å². The van der Waals surface area contributed by atoms with Crippen LogP contribution in [0, 0.1) is 11.8 Å². The topological polar surface area (TPSA) is 46.3 Å². The average Bonchev–Trinajstić information content (AvgIpc) is 2.15. The van der Waals surface area contributed by atoms with E-state index in [0.29, 0.717) is 18.3 Å². The third-order valence-corrected chi connectivity index (χ3v) is 3.11. The number of nitrogens with two attached hydrogens (primary N) is 1. The molecule has 0 radical (unpaired) electrons. The van der Waals surface area contributed by atoms with Crippen LogP contribution in [0.2, 0.25) is 0 Å². The lowest BCUT2D eigenvalue weighted by Crippen LogP contribution is -2.50. The molecule has 0 aliphatic carbocycles. The summed E-state index contributed by atoms with van der Waals surface area (Å²) in [6.07, 6.45) is 1.66. The minimum absolute atomic E-state index is 0.173. The van der Waals surface area contributed by atoms with Gasteiger partial charge >= 0.3 is 0 Å². The van der Waals surface area contributed by atoms with E-state index in [9.17, 15) is 4.79 Å². The lowest BCUT2D eigenvalue weighted by molar-refractivity contribution is -0.133. The maximum absolute atomic E-state index is 11.6. The number of carbonyl (C=O) groups is 1. The number of rotatable bonds is 2. The Morgan fingerprint density at radius 1 is 1.50 bits per heavy atom. The van der Waals surface area contributed by atoms with Gasteiger partial charge in [0.25, 0.3) is 0 Å². The van der Waals surface area contributed by atoms with Gasteiger partial charge in [0.1, 0.15) is 0 Å². The van der Waals surface area contributed by atoms with Crippen LogP contribution >= 0.6 is 0 Å². The van der Waals surface area contributed by atoms with Crippen LogP contribution in [-0.4, -0.2) is 29.9 Å². The van der Waals surface area contributed by atoms with Gasteiger partial charge in [-0.3, -0.25) is 4.79 Å². The van der Waals surface area contributed by atoms with Crippen LogP contribution in [-0.2, 0) is 4.79 Å². The second kappa shape index (κ2) is 4.78. The first kappa shape index (κ1) is 11.5. The molecule has 1 heterocycles. The fraction of sp³-hybridized carbons (Fsp3) is 0.909. The first-order chi connectivity index (χ1) is 6.54. The van der Waals surface area contributed by atoms with Crippen LogP contribution in [0.4, 0.5) is 0 Å². The molecule has 0 spiro atoms. The number of hydrogen-bond donors (Lipinski definition) is 1. The van der Waals surface area contributed by atoms with E-state index in [1.165, 1.54) is 0 Å².